The summed E-state index contributed by atoms with van der Waals surface area (Å²) in [6, 6.07) is 6.55. The number of methoxy groups -OCH3 is 1. The van der Waals surface area contributed by atoms with Gasteiger partial charge in [0, 0.05) is 0 Å². The number of allylic oxidation sites excluding steroid dienone is 1. The van der Waals surface area contributed by atoms with Crippen molar-refractivity contribution in [1.29, 1.82) is 0 Å². The maximum absolute atomic E-state index is 8.70. The van der Waals surface area contributed by atoms with Crippen LogP contribution < -0.4 is 10.2 Å². The molecule has 0 amide bonds. The Kier molecular flexibility index (Phi) is 12.7. The van der Waals surface area contributed by atoms with Crippen LogP contribution in [0.2, 0.25) is 0 Å². The van der Waals surface area contributed by atoms with Gasteiger partial charge in [-0.25, -0.2) is 0 Å². The van der Waals surface area contributed by atoms with Crippen LogP contribution in [0.25, 0.3) is 0 Å². The van der Waals surface area contributed by atoms with Crippen molar-refractivity contribution in [2.75, 3.05) is 7.11 Å². The van der Waals surface area contributed by atoms with Gasteiger partial charge in [0.05, 0.1) is 7.11 Å². The quantitative estimate of drug-likeness (QED) is 0.592. The van der Waals surface area contributed by atoms with Crippen LogP contribution in [0, 0.1) is 0 Å². The van der Waals surface area contributed by atoms with Crippen molar-refractivity contribution < 1.29 is 14.8 Å². The van der Waals surface area contributed by atoms with Gasteiger partial charge in [0.25, 0.3) is 0 Å². The maximum atomic E-state index is 8.70. The molecule has 0 aromatic heterocycles. The van der Waals surface area contributed by atoms with E-state index in [4.69, 9.17) is 14.8 Å². The number of benzene rings is 1. The molecule has 0 aliphatic heterocycles. The lowest BCUT2D eigenvalue weighted by Gasteiger charge is -2.00. The third-order valence-electron chi connectivity index (χ3n) is 1.41. The minimum atomic E-state index is -1.40. The third kappa shape index (κ3) is 8.09. The standard InChI is InChI=1S/C7H9BO3.C3H6.C2H6/c1-11-7-4-2-6(3-5-7)8(9)10;1-3-2;1-2/h2-5,9-10H,1H3;3H,1H2,2H3;1-2H3. The van der Waals surface area contributed by atoms with Crippen LogP contribution in [0.1, 0.15) is 20.8 Å². The zero-order valence-electron chi connectivity index (χ0n) is 10.5. The van der Waals surface area contributed by atoms with Gasteiger partial charge in [-0.1, -0.05) is 32.1 Å². The summed E-state index contributed by atoms with van der Waals surface area (Å²) in [5, 5.41) is 17.4. The summed E-state index contributed by atoms with van der Waals surface area (Å²) in [5.41, 5.74) is 0.464. The molecule has 0 unspecified atom stereocenters. The molecule has 3 nitrogen and oxygen atoms in total. The van der Waals surface area contributed by atoms with E-state index in [-0.39, 0.29) is 0 Å². The SMILES string of the molecule is C=CC.CC.COc1ccc(B(O)O)cc1. The largest absolute Gasteiger partial charge is 0.497 e. The highest BCUT2D eigenvalue weighted by molar-refractivity contribution is 6.58. The number of hydrogen-bond acceptors (Lipinski definition) is 3. The minimum absolute atomic E-state index is 0.464. The summed E-state index contributed by atoms with van der Waals surface area (Å²) in [5.74, 6) is 0.703. The van der Waals surface area contributed by atoms with Crippen LogP contribution in [0.3, 0.4) is 0 Å². The first-order valence-electron chi connectivity index (χ1n) is 5.22. The van der Waals surface area contributed by atoms with E-state index < -0.39 is 7.12 Å². The Hall–Kier alpha value is -1.26. The van der Waals surface area contributed by atoms with Gasteiger partial charge in [-0.05, 0) is 24.5 Å². The molecule has 4 heteroatoms. The maximum Gasteiger partial charge on any atom is 0.488 e. The molecule has 1 aromatic rings. The molecular weight excluding hydrogens is 203 g/mol. The third-order valence-corrected chi connectivity index (χ3v) is 1.41. The van der Waals surface area contributed by atoms with E-state index in [9.17, 15) is 0 Å². The minimum Gasteiger partial charge on any atom is -0.497 e. The zero-order chi connectivity index (χ0) is 13.0. The summed E-state index contributed by atoms with van der Waals surface area (Å²) >= 11 is 0. The van der Waals surface area contributed by atoms with E-state index in [2.05, 4.69) is 6.58 Å². The van der Waals surface area contributed by atoms with Crippen molar-refractivity contribution in [1.82, 2.24) is 0 Å². The molecular formula is C12H21BO3. The summed E-state index contributed by atoms with van der Waals surface area (Å²) in [7, 11) is 0.158. The molecule has 0 spiro atoms. The molecule has 0 atom stereocenters. The molecule has 0 saturated carbocycles. The highest BCUT2D eigenvalue weighted by Gasteiger charge is 2.09. The smallest absolute Gasteiger partial charge is 0.488 e. The van der Waals surface area contributed by atoms with E-state index in [1.54, 1.807) is 37.5 Å². The number of hydrogen-bond donors (Lipinski definition) is 2. The van der Waals surface area contributed by atoms with Gasteiger partial charge < -0.3 is 14.8 Å². The predicted octanol–water partition coefficient (Wildman–Crippen LogP) is 1.59. The van der Waals surface area contributed by atoms with Crippen LogP contribution in [-0.4, -0.2) is 24.3 Å². The van der Waals surface area contributed by atoms with E-state index >= 15 is 0 Å². The molecule has 0 radical (unpaired) electrons. The second-order valence-electron chi connectivity index (χ2n) is 2.56. The molecule has 0 aliphatic carbocycles. The average Bonchev–Trinajstić information content (AvgIpc) is 2.33. The van der Waals surface area contributed by atoms with Crippen molar-refractivity contribution >= 4 is 12.6 Å². The van der Waals surface area contributed by atoms with E-state index in [1.165, 1.54) is 0 Å². The zero-order valence-corrected chi connectivity index (χ0v) is 10.5. The van der Waals surface area contributed by atoms with E-state index in [0.717, 1.165) is 0 Å². The molecule has 0 bridgehead atoms. The molecule has 0 heterocycles. The number of ether oxygens (including phenoxy) is 1. The van der Waals surface area contributed by atoms with Gasteiger partial charge in [-0.15, -0.1) is 6.58 Å². The summed E-state index contributed by atoms with van der Waals surface area (Å²) in [4.78, 5) is 0. The molecule has 1 rings (SSSR count). The van der Waals surface area contributed by atoms with E-state index in [1.807, 2.05) is 20.8 Å². The topological polar surface area (TPSA) is 49.7 Å². The van der Waals surface area contributed by atoms with Crippen LogP contribution in [-0.2, 0) is 0 Å². The molecule has 0 aliphatic rings. The van der Waals surface area contributed by atoms with Gasteiger partial charge >= 0.3 is 7.12 Å². The second-order valence-corrected chi connectivity index (χ2v) is 2.56. The van der Waals surface area contributed by atoms with Gasteiger partial charge in [0.1, 0.15) is 5.75 Å². The average molecular weight is 224 g/mol. The summed E-state index contributed by atoms with van der Waals surface area (Å²) in [6.07, 6.45) is 1.75. The van der Waals surface area contributed by atoms with Crippen molar-refractivity contribution in [2.24, 2.45) is 0 Å². The highest BCUT2D eigenvalue weighted by Crippen LogP contribution is 2.05. The fourth-order valence-electron chi connectivity index (χ4n) is 0.776. The Morgan fingerprint density at radius 2 is 1.56 bits per heavy atom. The normalized spacial score (nSPS) is 7.62. The first kappa shape index (κ1) is 17.1. The second kappa shape index (κ2) is 11.8. The van der Waals surface area contributed by atoms with Crippen LogP contribution in [0.5, 0.6) is 5.75 Å². The van der Waals surface area contributed by atoms with Crippen LogP contribution in [0.4, 0.5) is 0 Å². The first-order valence-corrected chi connectivity index (χ1v) is 5.22. The van der Waals surface area contributed by atoms with Crippen molar-refractivity contribution in [3.05, 3.63) is 36.9 Å². The van der Waals surface area contributed by atoms with Crippen molar-refractivity contribution in [2.45, 2.75) is 20.8 Å². The van der Waals surface area contributed by atoms with Crippen LogP contribution >= 0.6 is 0 Å². The Balaban J connectivity index is 0. The fourth-order valence-corrected chi connectivity index (χ4v) is 0.776. The predicted molar refractivity (Wildman–Crippen MR) is 70.0 cm³/mol. The molecule has 1 aromatic carbocycles. The lowest BCUT2D eigenvalue weighted by Crippen LogP contribution is -2.29. The van der Waals surface area contributed by atoms with Crippen molar-refractivity contribution in [3.8, 4) is 5.75 Å². The van der Waals surface area contributed by atoms with Gasteiger partial charge in [-0.2, -0.15) is 0 Å². The molecule has 0 fully saturated rings. The highest BCUT2D eigenvalue weighted by atomic mass is 16.5. The van der Waals surface area contributed by atoms with Gasteiger partial charge in [-0.3, -0.25) is 0 Å². The van der Waals surface area contributed by atoms with E-state index in [0.29, 0.717) is 11.2 Å². The molecule has 2 N–H and O–H groups in total. The van der Waals surface area contributed by atoms with Crippen molar-refractivity contribution in [3.63, 3.8) is 0 Å². The Morgan fingerprint density at radius 1 is 1.19 bits per heavy atom. The monoisotopic (exact) mass is 224 g/mol. The summed E-state index contributed by atoms with van der Waals surface area (Å²) in [6.45, 7) is 9.25. The van der Waals surface area contributed by atoms with Gasteiger partial charge in [0.2, 0.25) is 0 Å². The Labute approximate surface area is 98.5 Å². The Morgan fingerprint density at radius 3 is 1.81 bits per heavy atom. The lowest BCUT2D eigenvalue weighted by molar-refractivity contribution is 0.414. The first-order chi connectivity index (χ1) is 7.65. The number of rotatable bonds is 2. The molecule has 90 valence electrons. The lowest BCUT2D eigenvalue weighted by atomic mass is 9.80. The molecule has 16 heavy (non-hydrogen) atoms. The van der Waals surface area contributed by atoms with Gasteiger partial charge in [0.15, 0.2) is 0 Å². The fraction of sp³-hybridized carbons (Fsp3) is 0.333. The Bertz CT molecular complexity index is 257. The molecule has 0 saturated heterocycles. The summed E-state index contributed by atoms with van der Waals surface area (Å²) < 4.78 is 4.89. The van der Waals surface area contributed by atoms with Crippen LogP contribution in [0.15, 0.2) is 36.9 Å².